The Morgan fingerprint density at radius 1 is 0.500 bits per heavy atom. The van der Waals surface area contributed by atoms with Crippen molar-refractivity contribution < 1.29 is 15.3 Å². The fourth-order valence-electron chi connectivity index (χ4n) is 6.30. The molecular formula is C31H36O3. The standard InChI is InChI=1S/C31H36O3/c32-23-17-13-21(14-18-23)25-7-1-3-9-27(25)31(29-11-5-6-12-30(29)34)28-10-4-2-8-26(28)22-15-19-24(33)20-16-22/h1-12,21-24,31-34H,13-20H2. The molecule has 3 N–H and O–H groups in total. The molecule has 178 valence electrons. The lowest BCUT2D eigenvalue weighted by molar-refractivity contribution is 0.122. The van der Waals surface area contributed by atoms with E-state index in [-0.39, 0.29) is 18.1 Å². The van der Waals surface area contributed by atoms with Crippen molar-refractivity contribution in [2.75, 3.05) is 0 Å². The van der Waals surface area contributed by atoms with Crippen LogP contribution in [0, 0.1) is 0 Å². The van der Waals surface area contributed by atoms with Crippen molar-refractivity contribution in [3.63, 3.8) is 0 Å². The zero-order valence-corrected chi connectivity index (χ0v) is 19.8. The van der Waals surface area contributed by atoms with Gasteiger partial charge in [-0.25, -0.2) is 0 Å². The normalized spacial score (nSPS) is 26.2. The van der Waals surface area contributed by atoms with Crippen LogP contribution in [0.15, 0.2) is 72.8 Å². The van der Waals surface area contributed by atoms with Crippen molar-refractivity contribution in [2.45, 2.75) is 81.3 Å². The smallest absolute Gasteiger partial charge is 0.119 e. The highest BCUT2D eigenvalue weighted by Gasteiger charge is 2.31. The molecule has 2 aliphatic rings. The maximum Gasteiger partial charge on any atom is 0.119 e. The molecule has 0 unspecified atom stereocenters. The quantitative estimate of drug-likeness (QED) is 0.379. The van der Waals surface area contributed by atoms with Gasteiger partial charge in [-0.1, -0.05) is 66.7 Å². The van der Waals surface area contributed by atoms with Crippen LogP contribution in [0.3, 0.4) is 0 Å². The predicted octanol–water partition coefficient (Wildman–Crippen LogP) is 6.61. The van der Waals surface area contributed by atoms with Crippen molar-refractivity contribution in [2.24, 2.45) is 0 Å². The van der Waals surface area contributed by atoms with Crippen molar-refractivity contribution in [1.82, 2.24) is 0 Å². The first-order valence-electron chi connectivity index (χ1n) is 12.9. The lowest BCUT2D eigenvalue weighted by atomic mass is 9.72. The van der Waals surface area contributed by atoms with Crippen molar-refractivity contribution in [1.29, 1.82) is 0 Å². The summed E-state index contributed by atoms with van der Waals surface area (Å²) in [6.45, 7) is 0. The van der Waals surface area contributed by atoms with Gasteiger partial charge in [0.25, 0.3) is 0 Å². The molecule has 0 heterocycles. The molecule has 3 nitrogen and oxygen atoms in total. The lowest BCUT2D eigenvalue weighted by Crippen LogP contribution is -2.20. The number of rotatable bonds is 5. The highest BCUT2D eigenvalue weighted by Crippen LogP contribution is 2.46. The highest BCUT2D eigenvalue weighted by molar-refractivity contribution is 5.54. The Hall–Kier alpha value is -2.62. The molecule has 0 spiro atoms. The van der Waals surface area contributed by atoms with Crippen LogP contribution in [0.5, 0.6) is 5.75 Å². The Labute approximate surface area is 203 Å². The van der Waals surface area contributed by atoms with Gasteiger partial charge in [0.1, 0.15) is 5.75 Å². The number of aliphatic hydroxyl groups excluding tert-OH is 2. The summed E-state index contributed by atoms with van der Waals surface area (Å²) in [4.78, 5) is 0. The predicted molar refractivity (Wildman–Crippen MR) is 136 cm³/mol. The molecule has 0 radical (unpaired) electrons. The van der Waals surface area contributed by atoms with Crippen LogP contribution in [0.2, 0.25) is 0 Å². The SMILES string of the molecule is Oc1ccccc1C(c1ccccc1C1CCC(O)CC1)c1ccccc1C1CCC(O)CC1. The number of aliphatic hydroxyl groups is 2. The Balaban J connectivity index is 1.64. The highest BCUT2D eigenvalue weighted by atomic mass is 16.3. The summed E-state index contributed by atoms with van der Waals surface area (Å²) < 4.78 is 0. The Kier molecular flexibility index (Phi) is 7.03. The minimum atomic E-state index is -0.181. The molecule has 2 saturated carbocycles. The van der Waals surface area contributed by atoms with Gasteiger partial charge in [0.15, 0.2) is 0 Å². The fraction of sp³-hybridized carbons (Fsp3) is 0.419. The van der Waals surface area contributed by atoms with Gasteiger partial charge >= 0.3 is 0 Å². The van der Waals surface area contributed by atoms with E-state index in [0.717, 1.165) is 56.9 Å². The van der Waals surface area contributed by atoms with Gasteiger partial charge in [0.05, 0.1) is 12.2 Å². The van der Waals surface area contributed by atoms with E-state index in [1.54, 1.807) is 6.07 Å². The number of phenols is 1. The van der Waals surface area contributed by atoms with Crippen molar-refractivity contribution >= 4 is 0 Å². The number of phenolic OH excluding ortho intramolecular Hbond substituents is 1. The van der Waals surface area contributed by atoms with Gasteiger partial charge < -0.3 is 15.3 Å². The van der Waals surface area contributed by atoms with Gasteiger partial charge in [-0.15, -0.1) is 0 Å². The fourth-order valence-corrected chi connectivity index (χ4v) is 6.30. The molecule has 3 heteroatoms. The summed E-state index contributed by atoms with van der Waals surface area (Å²) in [6, 6.07) is 25.2. The zero-order chi connectivity index (χ0) is 23.5. The molecule has 0 aromatic heterocycles. The monoisotopic (exact) mass is 456 g/mol. The van der Waals surface area contributed by atoms with E-state index in [2.05, 4.69) is 54.6 Å². The summed E-state index contributed by atoms with van der Waals surface area (Å²) in [7, 11) is 0. The van der Waals surface area contributed by atoms with Crippen LogP contribution in [0.1, 0.15) is 96.9 Å². The number of hydrogen-bond acceptors (Lipinski definition) is 3. The Morgan fingerprint density at radius 3 is 1.32 bits per heavy atom. The van der Waals surface area contributed by atoms with Crippen LogP contribution in [0.25, 0.3) is 0 Å². The molecule has 0 aliphatic heterocycles. The van der Waals surface area contributed by atoms with E-state index in [1.165, 1.54) is 22.3 Å². The summed E-state index contributed by atoms with van der Waals surface area (Å²) in [5.41, 5.74) is 6.14. The van der Waals surface area contributed by atoms with E-state index < -0.39 is 0 Å². The second-order valence-electron chi connectivity index (χ2n) is 10.3. The van der Waals surface area contributed by atoms with E-state index >= 15 is 0 Å². The first kappa shape index (κ1) is 23.1. The average molecular weight is 457 g/mol. The maximum absolute atomic E-state index is 11.0. The van der Waals surface area contributed by atoms with Crippen LogP contribution in [0.4, 0.5) is 0 Å². The second kappa shape index (κ2) is 10.3. The van der Waals surface area contributed by atoms with Crippen LogP contribution in [-0.2, 0) is 0 Å². The molecular weight excluding hydrogens is 420 g/mol. The van der Waals surface area contributed by atoms with Gasteiger partial charge in [0, 0.05) is 11.5 Å². The summed E-state index contributed by atoms with van der Waals surface area (Å²) in [5, 5.41) is 31.2. The number of aromatic hydroxyl groups is 1. The average Bonchev–Trinajstić information content (AvgIpc) is 2.87. The third-order valence-corrected chi connectivity index (χ3v) is 8.13. The minimum absolute atomic E-state index is 0.0627. The summed E-state index contributed by atoms with van der Waals surface area (Å²) in [6.07, 6.45) is 7.01. The molecule has 0 amide bonds. The van der Waals surface area contributed by atoms with Crippen LogP contribution < -0.4 is 0 Å². The van der Waals surface area contributed by atoms with Crippen molar-refractivity contribution in [3.8, 4) is 5.75 Å². The third-order valence-electron chi connectivity index (χ3n) is 8.13. The Bertz CT molecular complexity index is 1030. The first-order chi connectivity index (χ1) is 16.6. The van der Waals surface area contributed by atoms with Crippen LogP contribution in [-0.4, -0.2) is 27.5 Å². The van der Waals surface area contributed by atoms with Gasteiger partial charge in [-0.3, -0.25) is 0 Å². The van der Waals surface area contributed by atoms with Gasteiger partial charge in [-0.2, -0.15) is 0 Å². The van der Waals surface area contributed by atoms with E-state index in [9.17, 15) is 15.3 Å². The molecule has 0 bridgehead atoms. The molecule has 3 aromatic rings. The summed E-state index contributed by atoms with van der Waals surface area (Å²) in [5.74, 6) is 1.11. The Morgan fingerprint density at radius 2 is 0.882 bits per heavy atom. The van der Waals surface area contributed by atoms with E-state index in [4.69, 9.17) is 0 Å². The maximum atomic E-state index is 11.0. The van der Waals surface area contributed by atoms with Gasteiger partial charge in [0.2, 0.25) is 0 Å². The molecule has 3 aromatic carbocycles. The molecule has 2 fully saturated rings. The minimum Gasteiger partial charge on any atom is -0.508 e. The second-order valence-corrected chi connectivity index (χ2v) is 10.3. The molecule has 0 atom stereocenters. The zero-order valence-electron chi connectivity index (χ0n) is 19.8. The van der Waals surface area contributed by atoms with Crippen molar-refractivity contribution in [3.05, 3.63) is 101 Å². The largest absolute Gasteiger partial charge is 0.508 e. The van der Waals surface area contributed by atoms with E-state index in [0.29, 0.717) is 17.6 Å². The third kappa shape index (κ3) is 4.78. The molecule has 5 rings (SSSR count). The molecule has 2 aliphatic carbocycles. The molecule has 0 saturated heterocycles. The number of para-hydroxylation sites is 1. The van der Waals surface area contributed by atoms with E-state index in [1.807, 2.05) is 12.1 Å². The van der Waals surface area contributed by atoms with Gasteiger partial charge in [-0.05, 0) is 91.5 Å². The van der Waals surface area contributed by atoms with Crippen LogP contribution >= 0.6 is 0 Å². The summed E-state index contributed by atoms with van der Waals surface area (Å²) >= 11 is 0. The molecule has 34 heavy (non-hydrogen) atoms. The topological polar surface area (TPSA) is 60.7 Å². The first-order valence-corrected chi connectivity index (χ1v) is 12.9. The number of hydrogen-bond donors (Lipinski definition) is 3. The lowest BCUT2D eigenvalue weighted by Gasteiger charge is -2.33. The number of benzene rings is 3.